The number of nitrogens with zero attached hydrogens (tertiary/aromatic N) is 4. The van der Waals surface area contributed by atoms with Crippen molar-refractivity contribution in [1.82, 2.24) is 19.0 Å². The van der Waals surface area contributed by atoms with Crippen molar-refractivity contribution in [3.63, 3.8) is 0 Å². The molecule has 1 saturated heterocycles. The zero-order valence-corrected chi connectivity index (χ0v) is 16.5. The Morgan fingerprint density at radius 3 is 2.35 bits per heavy atom. The lowest BCUT2D eigenvalue weighted by atomic mass is 10.1. The summed E-state index contributed by atoms with van der Waals surface area (Å²) in [7, 11) is 0. The molecule has 1 amide bonds. The summed E-state index contributed by atoms with van der Waals surface area (Å²) in [6, 6.07) is 17.0. The molecule has 1 fully saturated rings. The fraction of sp³-hybridized carbons (Fsp3) is 0.174. The van der Waals surface area contributed by atoms with Crippen LogP contribution in [0.1, 0.15) is 12.5 Å². The Labute approximate surface area is 176 Å². The van der Waals surface area contributed by atoms with E-state index < -0.39 is 6.09 Å². The van der Waals surface area contributed by atoms with E-state index in [1.54, 1.807) is 33.5 Å². The highest BCUT2D eigenvalue weighted by atomic mass is 19.1. The van der Waals surface area contributed by atoms with E-state index in [9.17, 15) is 19.1 Å². The Balaban J connectivity index is 1.58. The monoisotopic (exact) mass is 418 g/mol. The molecule has 0 radical (unpaired) electrons. The third kappa shape index (κ3) is 3.26. The molecule has 1 aliphatic heterocycles. The maximum absolute atomic E-state index is 13.4. The summed E-state index contributed by atoms with van der Waals surface area (Å²) in [6.07, 6.45) is 1.21. The van der Waals surface area contributed by atoms with Crippen LogP contribution in [0.3, 0.4) is 0 Å². The Hall–Kier alpha value is -3.94. The molecule has 156 valence electrons. The molecule has 7 nitrogen and oxygen atoms in total. The molecule has 1 N–H and O–H groups in total. The third-order valence-corrected chi connectivity index (χ3v) is 5.73. The molecule has 8 heteroatoms. The Kier molecular flexibility index (Phi) is 4.54. The molecule has 5 rings (SSSR count). The average molecular weight is 418 g/mol. The molecule has 0 aliphatic carbocycles. The summed E-state index contributed by atoms with van der Waals surface area (Å²) in [5, 5.41) is 9.28. The van der Waals surface area contributed by atoms with Crippen molar-refractivity contribution in [3.05, 3.63) is 83.2 Å². The highest BCUT2D eigenvalue weighted by Crippen LogP contribution is 2.26. The number of fused-ring (bicyclic) bond motifs is 1. The van der Waals surface area contributed by atoms with E-state index in [4.69, 9.17) is 0 Å². The topological polar surface area (TPSA) is 80.4 Å². The molecule has 31 heavy (non-hydrogen) atoms. The highest BCUT2D eigenvalue weighted by Gasteiger charge is 2.31. The van der Waals surface area contributed by atoms with Crippen molar-refractivity contribution in [2.45, 2.75) is 12.5 Å². The Bertz CT molecular complexity index is 1330. The largest absolute Gasteiger partial charge is 0.465 e. The van der Waals surface area contributed by atoms with E-state index in [2.05, 4.69) is 4.98 Å². The van der Waals surface area contributed by atoms with Crippen LogP contribution < -0.4 is 5.69 Å². The minimum Gasteiger partial charge on any atom is -0.465 e. The summed E-state index contributed by atoms with van der Waals surface area (Å²) in [6.45, 7) is 0.646. The van der Waals surface area contributed by atoms with Crippen molar-refractivity contribution >= 4 is 17.3 Å². The van der Waals surface area contributed by atoms with Gasteiger partial charge in [0.05, 0.1) is 17.2 Å². The van der Waals surface area contributed by atoms with Gasteiger partial charge in [0.2, 0.25) is 0 Å². The minimum atomic E-state index is -0.983. The predicted octanol–water partition coefficient (Wildman–Crippen LogP) is 3.92. The van der Waals surface area contributed by atoms with E-state index in [0.717, 1.165) is 11.1 Å². The molecule has 0 spiro atoms. The van der Waals surface area contributed by atoms with E-state index in [1.165, 1.54) is 17.0 Å². The number of amides is 1. The second kappa shape index (κ2) is 7.39. The van der Waals surface area contributed by atoms with E-state index in [-0.39, 0.29) is 24.1 Å². The zero-order chi connectivity index (χ0) is 21.5. The highest BCUT2D eigenvalue weighted by molar-refractivity contribution is 5.75. The number of rotatable bonds is 3. The smallest absolute Gasteiger partial charge is 0.407 e. The third-order valence-electron chi connectivity index (χ3n) is 5.73. The van der Waals surface area contributed by atoms with Crippen molar-refractivity contribution in [2.75, 3.05) is 13.1 Å². The molecular weight excluding hydrogens is 399 g/mol. The van der Waals surface area contributed by atoms with Crippen LogP contribution in [0.15, 0.2) is 71.7 Å². The average Bonchev–Trinajstić information content (AvgIpc) is 3.37. The van der Waals surface area contributed by atoms with E-state index in [0.29, 0.717) is 29.8 Å². The number of likely N-dealkylation sites (tertiary alicyclic amines) is 1. The predicted molar refractivity (Wildman–Crippen MR) is 114 cm³/mol. The number of carboxylic acid groups (broad SMARTS) is 1. The number of hydrogen-bond donors (Lipinski definition) is 1. The zero-order valence-electron chi connectivity index (χ0n) is 16.5. The van der Waals surface area contributed by atoms with Crippen LogP contribution in [0.2, 0.25) is 0 Å². The summed E-state index contributed by atoms with van der Waals surface area (Å²) >= 11 is 0. The number of benzene rings is 2. The molecule has 0 saturated carbocycles. The number of carbonyl (C=O) groups is 1. The number of pyridine rings is 1. The number of aromatic nitrogens is 3. The van der Waals surface area contributed by atoms with E-state index >= 15 is 0 Å². The normalized spacial score (nSPS) is 16.2. The minimum absolute atomic E-state index is 0.250. The fourth-order valence-corrected chi connectivity index (χ4v) is 4.20. The number of halogens is 1. The lowest BCUT2D eigenvalue weighted by molar-refractivity contribution is 0.154. The van der Waals surface area contributed by atoms with Gasteiger partial charge in [-0.05, 0) is 53.9 Å². The SMILES string of the molecule is O=C(O)N1CCC(n2c(=O)n(-c3ccc(-c4ccc(F)cc4)cc3)c3cccnc32)C1. The first-order valence-corrected chi connectivity index (χ1v) is 9.95. The Morgan fingerprint density at radius 1 is 1.03 bits per heavy atom. The Morgan fingerprint density at radius 2 is 1.71 bits per heavy atom. The van der Waals surface area contributed by atoms with Gasteiger partial charge in [-0.3, -0.25) is 9.13 Å². The van der Waals surface area contributed by atoms with Crippen molar-refractivity contribution in [2.24, 2.45) is 0 Å². The van der Waals surface area contributed by atoms with Crippen LogP contribution >= 0.6 is 0 Å². The molecular formula is C23H19FN4O3. The maximum Gasteiger partial charge on any atom is 0.407 e. The van der Waals surface area contributed by atoms with Crippen LogP contribution in [-0.2, 0) is 0 Å². The van der Waals surface area contributed by atoms with Crippen molar-refractivity contribution in [3.8, 4) is 16.8 Å². The second-order valence-electron chi connectivity index (χ2n) is 7.56. The number of hydrogen-bond acceptors (Lipinski definition) is 3. The quantitative estimate of drug-likeness (QED) is 0.547. The van der Waals surface area contributed by atoms with Gasteiger partial charge in [-0.25, -0.2) is 19.0 Å². The van der Waals surface area contributed by atoms with Gasteiger partial charge in [0.1, 0.15) is 5.82 Å². The van der Waals surface area contributed by atoms with Crippen LogP contribution in [0.5, 0.6) is 0 Å². The maximum atomic E-state index is 13.4. The first-order chi connectivity index (χ1) is 15.0. The lowest BCUT2D eigenvalue weighted by Gasteiger charge is -2.13. The van der Waals surface area contributed by atoms with E-state index in [1.807, 2.05) is 30.3 Å². The summed E-state index contributed by atoms with van der Waals surface area (Å²) < 4.78 is 16.4. The van der Waals surface area contributed by atoms with Crippen LogP contribution in [0, 0.1) is 5.82 Å². The van der Waals surface area contributed by atoms with Gasteiger partial charge >= 0.3 is 11.8 Å². The van der Waals surface area contributed by atoms with Crippen LogP contribution in [0.4, 0.5) is 9.18 Å². The standard InChI is InChI=1S/C23H19FN4O3/c24-17-7-3-15(4-8-17)16-5-9-18(10-6-16)27-20-2-1-12-25-21(20)28(22(27)29)19-11-13-26(14-19)23(30)31/h1-10,12,19H,11,13-14H2,(H,30,31). The van der Waals surface area contributed by atoms with Gasteiger partial charge in [0.15, 0.2) is 5.65 Å². The van der Waals surface area contributed by atoms with Crippen LogP contribution in [0.25, 0.3) is 28.0 Å². The van der Waals surface area contributed by atoms with Crippen molar-refractivity contribution in [1.29, 1.82) is 0 Å². The summed E-state index contributed by atoms with van der Waals surface area (Å²) in [5.74, 6) is -0.291. The molecule has 4 aromatic rings. The first kappa shape index (κ1) is 19.0. The summed E-state index contributed by atoms with van der Waals surface area (Å²) in [4.78, 5) is 30.5. The van der Waals surface area contributed by atoms with Gasteiger partial charge in [0, 0.05) is 19.3 Å². The fourth-order valence-electron chi connectivity index (χ4n) is 4.20. The number of imidazole rings is 1. The molecule has 1 aliphatic rings. The molecule has 1 atom stereocenters. The lowest BCUT2D eigenvalue weighted by Crippen LogP contribution is -2.31. The van der Waals surface area contributed by atoms with Gasteiger partial charge in [-0.15, -0.1) is 0 Å². The summed E-state index contributed by atoms with van der Waals surface area (Å²) in [5.41, 5.74) is 3.42. The second-order valence-corrected chi connectivity index (χ2v) is 7.56. The molecule has 2 aromatic heterocycles. The molecule has 0 bridgehead atoms. The van der Waals surface area contributed by atoms with Gasteiger partial charge in [-0.2, -0.15) is 0 Å². The molecule has 3 heterocycles. The van der Waals surface area contributed by atoms with Crippen LogP contribution in [-0.4, -0.2) is 43.3 Å². The van der Waals surface area contributed by atoms with Gasteiger partial charge in [-0.1, -0.05) is 24.3 Å². The molecule has 2 aromatic carbocycles. The first-order valence-electron chi connectivity index (χ1n) is 9.95. The van der Waals surface area contributed by atoms with Crippen molar-refractivity contribution < 1.29 is 14.3 Å². The van der Waals surface area contributed by atoms with Gasteiger partial charge < -0.3 is 10.0 Å². The van der Waals surface area contributed by atoms with Gasteiger partial charge in [0.25, 0.3) is 0 Å². The molecule has 1 unspecified atom stereocenters.